The number of hydrogen-bond donors (Lipinski definition) is 0. The zero-order valence-corrected chi connectivity index (χ0v) is 14.2. The molecule has 0 amide bonds. The zero-order chi connectivity index (χ0) is 15.8. The van der Waals surface area contributed by atoms with Gasteiger partial charge in [0.25, 0.3) is 0 Å². The average Bonchev–Trinajstić information content (AvgIpc) is 3.01. The van der Waals surface area contributed by atoms with Crippen LogP contribution in [0.25, 0.3) is 0 Å². The van der Waals surface area contributed by atoms with Gasteiger partial charge in [0.15, 0.2) is 0 Å². The number of carbonyl (C=O) groups excluding carboxylic acids is 1. The molecule has 118 valence electrons. The van der Waals surface area contributed by atoms with Gasteiger partial charge in [-0.2, -0.15) is 11.3 Å². The minimum atomic E-state index is -0.0842. The highest BCUT2D eigenvalue weighted by molar-refractivity contribution is 7.07. The Balaban J connectivity index is 1.66. The van der Waals surface area contributed by atoms with Crippen LogP contribution in [0.2, 0.25) is 0 Å². The van der Waals surface area contributed by atoms with Gasteiger partial charge in [-0.3, -0.25) is 4.79 Å². The molecule has 22 heavy (non-hydrogen) atoms. The quantitative estimate of drug-likeness (QED) is 0.642. The predicted molar refractivity (Wildman–Crippen MR) is 92.3 cm³/mol. The summed E-state index contributed by atoms with van der Waals surface area (Å²) < 4.78 is 5.30. The van der Waals surface area contributed by atoms with Crippen LogP contribution in [-0.4, -0.2) is 12.6 Å². The Bertz CT molecular complexity index is 558. The van der Waals surface area contributed by atoms with E-state index in [-0.39, 0.29) is 11.4 Å². The van der Waals surface area contributed by atoms with E-state index in [1.165, 1.54) is 11.1 Å². The molecule has 1 heterocycles. The number of thiophene rings is 1. The highest BCUT2D eigenvalue weighted by Crippen LogP contribution is 2.28. The van der Waals surface area contributed by atoms with E-state index >= 15 is 0 Å². The summed E-state index contributed by atoms with van der Waals surface area (Å²) >= 11 is 1.67. The number of hydrogen-bond acceptors (Lipinski definition) is 3. The number of esters is 1. The molecule has 0 fully saturated rings. The molecule has 1 aromatic carbocycles. The fourth-order valence-corrected chi connectivity index (χ4v) is 3.20. The normalized spacial score (nSPS) is 11.4. The van der Waals surface area contributed by atoms with Crippen LogP contribution in [0.4, 0.5) is 0 Å². The van der Waals surface area contributed by atoms with E-state index in [2.05, 4.69) is 49.6 Å². The molecule has 0 radical (unpaired) electrons. The number of benzene rings is 1. The molecular weight excluding hydrogens is 292 g/mol. The van der Waals surface area contributed by atoms with Gasteiger partial charge in [-0.1, -0.05) is 44.2 Å². The van der Waals surface area contributed by atoms with Gasteiger partial charge < -0.3 is 4.74 Å². The average molecular weight is 316 g/mol. The van der Waals surface area contributed by atoms with E-state index in [4.69, 9.17) is 4.74 Å². The Labute approximate surface area is 137 Å². The Morgan fingerprint density at radius 1 is 1.18 bits per heavy atom. The third-order valence-electron chi connectivity index (χ3n) is 3.97. The monoisotopic (exact) mass is 316 g/mol. The lowest BCUT2D eigenvalue weighted by Gasteiger charge is -2.25. The summed E-state index contributed by atoms with van der Waals surface area (Å²) in [6.07, 6.45) is 3.15. The van der Waals surface area contributed by atoms with Gasteiger partial charge in [-0.25, -0.2) is 0 Å². The molecule has 2 aromatic rings. The van der Waals surface area contributed by atoms with Gasteiger partial charge in [-0.15, -0.1) is 0 Å². The maximum Gasteiger partial charge on any atom is 0.305 e. The summed E-state index contributed by atoms with van der Waals surface area (Å²) in [7, 11) is 0. The molecule has 0 N–H and O–H groups in total. The summed E-state index contributed by atoms with van der Waals surface area (Å²) in [6.45, 7) is 4.94. The van der Waals surface area contributed by atoms with Crippen molar-refractivity contribution in [3.63, 3.8) is 0 Å². The Morgan fingerprint density at radius 3 is 2.64 bits per heavy atom. The Hall–Kier alpha value is -1.61. The first-order valence-electron chi connectivity index (χ1n) is 7.80. The Morgan fingerprint density at radius 2 is 1.95 bits per heavy atom. The smallest absolute Gasteiger partial charge is 0.305 e. The van der Waals surface area contributed by atoms with Crippen LogP contribution in [-0.2, 0) is 21.4 Å². The van der Waals surface area contributed by atoms with Gasteiger partial charge in [0, 0.05) is 12.8 Å². The molecule has 0 unspecified atom stereocenters. The number of ether oxygens (including phenoxy) is 1. The van der Waals surface area contributed by atoms with E-state index in [0.717, 1.165) is 19.3 Å². The molecule has 0 aliphatic rings. The van der Waals surface area contributed by atoms with Crippen molar-refractivity contribution >= 4 is 17.3 Å². The van der Waals surface area contributed by atoms with Crippen molar-refractivity contribution in [1.29, 1.82) is 0 Å². The molecule has 0 saturated heterocycles. The minimum absolute atomic E-state index is 0.0842. The summed E-state index contributed by atoms with van der Waals surface area (Å²) in [6, 6.07) is 12.5. The lowest BCUT2D eigenvalue weighted by Crippen LogP contribution is -2.17. The molecule has 0 saturated carbocycles. The largest absolute Gasteiger partial charge is 0.465 e. The first-order valence-corrected chi connectivity index (χ1v) is 8.74. The van der Waals surface area contributed by atoms with E-state index in [9.17, 15) is 4.79 Å². The van der Waals surface area contributed by atoms with Gasteiger partial charge in [0.2, 0.25) is 0 Å². The first kappa shape index (κ1) is 16.8. The first-order chi connectivity index (χ1) is 10.6. The molecule has 0 atom stereocenters. The van der Waals surface area contributed by atoms with Crippen molar-refractivity contribution in [2.24, 2.45) is 0 Å². The molecular formula is C19H24O2S. The molecule has 0 aliphatic carbocycles. The highest BCUT2D eigenvalue weighted by atomic mass is 32.1. The maximum absolute atomic E-state index is 11.8. The van der Waals surface area contributed by atoms with Crippen molar-refractivity contribution < 1.29 is 9.53 Å². The molecule has 2 nitrogen and oxygen atoms in total. The molecule has 0 aliphatic heterocycles. The standard InChI is InChI=1S/C19H24O2S/c1-19(2,17-7-4-3-5-8-17)12-6-9-18(20)21-13-10-16-11-14-22-15-16/h3-5,7-8,11,14-15H,6,9-10,12-13H2,1-2H3. The Kier molecular flexibility index (Phi) is 6.20. The van der Waals surface area contributed by atoms with E-state index in [1.807, 2.05) is 11.4 Å². The van der Waals surface area contributed by atoms with Gasteiger partial charge in [0.05, 0.1) is 6.61 Å². The molecule has 3 heteroatoms. The minimum Gasteiger partial charge on any atom is -0.465 e. The molecule has 2 rings (SSSR count). The summed E-state index contributed by atoms with van der Waals surface area (Å²) in [4.78, 5) is 11.8. The van der Waals surface area contributed by atoms with Crippen LogP contribution in [0, 0.1) is 0 Å². The van der Waals surface area contributed by atoms with Crippen LogP contribution in [0.5, 0.6) is 0 Å². The number of carbonyl (C=O) groups is 1. The third kappa shape index (κ3) is 5.30. The molecule has 0 spiro atoms. The zero-order valence-electron chi connectivity index (χ0n) is 13.4. The third-order valence-corrected chi connectivity index (χ3v) is 4.70. The van der Waals surface area contributed by atoms with E-state index in [1.54, 1.807) is 11.3 Å². The van der Waals surface area contributed by atoms with Crippen LogP contribution in [0.1, 0.15) is 44.2 Å². The summed E-state index contributed by atoms with van der Waals surface area (Å²) in [5.74, 6) is -0.0842. The summed E-state index contributed by atoms with van der Waals surface area (Å²) in [5, 5.41) is 4.14. The van der Waals surface area contributed by atoms with Gasteiger partial charge in [0.1, 0.15) is 0 Å². The van der Waals surface area contributed by atoms with Crippen LogP contribution < -0.4 is 0 Å². The van der Waals surface area contributed by atoms with Crippen molar-refractivity contribution in [2.45, 2.75) is 44.9 Å². The fraction of sp³-hybridized carbons (Fsp3) is 0.421. The topological polar surface area (TPSA) is 26.3 Å². The second-order valence-electron chi connectivity index (χ2n) is 6.21. The van der Waals surface area contributed by atoms with Crippen molar-refractivity contribution in [2.75, 3.05) is 6.61 Å². The second-order valence-corrected chi connectivity index (χ2v) is 6.99. The van der Waals surface area contributed by atoms with Gasteiger partial charge in [-0.05, 0) is 46.2 Å². The van der Waals surface area contributed by atoms with Gasteiger partial charge >= 0.3 is 5.97 Å². The van der Waals surface area contributed by atoms with Crippen molar-refractivity contribution in [1.82, 2.24) is 0 Å². The lowest BCUT2D eigenvalue weighted by atomic mass is 9.80. The molecule has 1 aromatic heterocycles. The predicted octanol–water partition coefficient (Wildman–Crippen LogP) is 4.98. The maximum atomic E-state index is 11.8. The van der Waals surface area contributed by atoms with E-state index in [0.29, 0.717) is 13.0 Å². The van der Waals surface area contributed by atoms with Crippen molar-refractivity contribution in [3.8, 4) is 0 Å². The highest BCUT2D eigenvalue weighted by Gasteiger charge is 2.20. The van der Waals surface area contributed by atoms with E-state index < -0.39 is 0 Å². The lowest BCUT2D eigenvalue weighted by molar-refractivity contribution is -0.143. The fourth-order valence-electron chi connectivity index (χ4n) is 2.50. The SMILES string of the molecule is CC(C)(CCCC(=O)OCCc1ccsc1)c1ccccc1. The van der Waals surface area contributed by atoms with Crippen LogP contribution >= 0.6 is 11.3 Å². The van der Waals surface area contributed by atoms with Crippen LogP contribution in [0.3, 0.4) is 0 Å². The number of rotatable bonds is 8. The summed E-state index contributed by atoms with van der Waals surface area (Å²) in [5.41, 5.74) is 2.65. The second kappa shape index (κ2) is 8.14. The van der Waals surface area contributed by atoms with Crippen LogP contribution in [0.15, 0.2) is 47.2 Å². The molecule has 0 bridgehead atoms. The van der Waals surface area contributed by atoms with Crippen molar-refractivity contribution in [3.05, 3.63) is 58.3 Å².